The second-order valence-electron chi connectivity index (χ2n) is 8.28. The van der Waals surface area contributed by atoms with Crippen molar-refractivity contribution in [3.63, 3.8) is 0 Å². The third-order valence-corrected chi connectivity index (χ3v) is 6.46. The van der Waals surface area contributed by atoms with Gasteiger partial charge in [-0.15, -0.1) is 0 Å². The quantitative estimate of drug-likeness (QED) is 0.895. The van der Waals surface area contributed by atoms with Gasteiger partial charge in [0.25, 0.3) is 0 Å². The van der Waals surface area contributed by atoms with Crippen LogP contribution < -0.4 is 0 Å². The molecule has 2 saturated heterocycles. The van der Waals surface area contributed by atoms with Crippen LogP contribution in [0.15, 0.2) is 30.3 Å². The summed E-state index contributed by atoms with van der Waals surface area (Å²) < 4.78 is 0. The van der Waals surface area contributed by atoms with Gasteiger partial charge in [-0.05, 0) is 62.6 Å². The Labute approximate surface area is 150 Å². The fourth-order valence-electron chi connectivity index (χ4n) is 4.77. The van der Waals surface area contributed by atoms with Crippen molar-refractivity contribution in [3.05, 3.63) is 35.9 Å². The second kappa shape index (κ2) is 7.08. The van der Waals surface area contributed by atoms with E-state index in [2.05, 4.69) is 34.1 Å². The number of benzene rings is 1. The summed E-state index contributed by atoms with van der Waals surface area (Å²) in [4.78, 5) is 17.8. The Hall–Kier alpha value is -1.39. The number of aliphatic hydroxyl groups is 1. The zero-order valence-electron chi connectivity index (χ0n) is 15.1. The summed E-state index contributed by atoms with van der Waals surface area (Å²) in [5.41, 5.74) is 1.48. The maximum absolute atomic E-state index is 13.1. The molecule has 4 rings (SSSR count). The van der Waals surface area contributed by atoms with Crippen LogP contribution in [0.2, 0.25) is 0 Å². The standard InChI is InChI=1S/C21H30N2O2/c24-14-4-11-22-12-9-21(10-13-22)15-19(17-5-2-1-3-6-17)20(25)23(16-21)18-7-8-18/h1-3,5-6,18-19,24H,4,7-16H2. The molecule has 4 nitrogen and oxygen atoms in total. The second-order valence-corrected chi connectivity index (χ2v) is 8.28. The predicted molar refractivity (Wildman–Crippen MR) is 98.3 cm³/mol. The average molecular weight is 342 g/mol. The van der Waals surface area contributed by atoms with Crippen molar-refractivity contribution >= 4 is 5.91 Å². The van der Waals surface area contributed by atoms with Crippen molar-refractivity contribution in [2.45, 2.75) is 50.5 Å². The Morgan fingerprint density at radius 2 is 1.84 bits per heavy atom. The van der Waals surface area contributed by atoms with Crippen LogP contribution in [-0.2, 0) is 4.79 Å². The molecule has 2 heterocycles. The topological polar surface area (TPSA) is 43.8 Å². The van der Waals surface area contributed by atoms with Gasteiger partial charge in [0.15, 0.2) is 0 Å². The van der Waals surface area contributed by atoms with Crippen molar-refractivity contribution in [2.24, 2.45) is 5.41 Å². The number of carbonyl (C=O) groups excluding carboxylic acids is 1. The number of likely N-dealkylation sites (tertiary alicyclic amines) is 2. The van der Waals surface area contributed by atoms with Crippen molar-refractivity contribution in [2.75, 3.05) is 32.8 Å². The number of amides is 1. The number of hydrogen-bond acceptors (Lipinski definition) is 3. The van der Waals surface area contributed by atoms with E-state index >= 15 is 0 Å². The lowest BCUT2D eigenvalue weighted by molar-refractivity contribution is -0.142. The Balaban J connectivity index is 1.51. The first-order chi connectivity index (χ1) is 12.2. The lowest BCUT2D eigenvalue weighted by Gasteiger charge is -2.50. The molecule has 2 aliphatic heterocycles. The predicted octanol–water partition coefficient (Wildman–Crippen LogP) is 2.63. The molecule has 1 saturated carbocycles. The minimum atomic E-state index is 0.0412. The lowest BCUT2D eigenvalue weighted by atomic mass is 9.67. The molecule has 0 aromatic heterocycles. The normalized spacial score (nSPS) is 27.0. The summed E-state index contributed by atoms with van der Waals surface area (Å²) in [6.07, 6.45) is 6.60. The van der Waals surface area contributed by atoms with E-state index in [1.165, 1.54) is 31.2 Å². The molecule has 1 spiro atoms. The Morgan fingerprint density at radius 1 is 1.12 bits per heavy atom. The summed E-state index contributed by atoms with van der Waals surface area (Å²) in [7, 11) is 0. The van der Waals surface area contributed by atoms with Crippen LogP contribution in [0.5, 0.6) is 0 Å². The maximum Gasteiger partial charge on any atom is 0.230 e. The van der Waals surface area contributed by atoms with Gasteiger partial charge in [0, 0.05) is 25.7 Å². The van der Waals surface area contributed by atoms with E-state index in [0.717, 1.165) is 39.0 Å². The van der Waals surface area contributed by atoms with Gasteiger partial charge in [0.05, 0.1) is 5.92 Å². The van der Waals surface area contributed by atoms with Gasteiger partial charge in [-0.25, -0.2) is 0 Å². The fourth-order valence-corrected chi connectivity index (χ4v) is 4.77. The molecule has 1 N–H and O–H groups in total. The summed E-state index contributed by atoms with van der Waals surface area (Å²) >= 11 is 0. The molecular formula is C21H30N2O2. The highest BCUT2D eigenvalue weighted by atomic mass is 16.3. The zero-order chi connectivity index (χ0) is 17.3. The third kappa shape index (κ3) is 3.61. The highest BCUT2D eigenvalue weighted by molar-refractivity contribution is 5.85. The van der Waals surface area contributed by atoms with Gasteiger partial charge >= 0.3 is 0 Å². The highest BCUT2D eigenvalue weighted by Crippen LogP contribution is 2.48. The van der Waals surface area contributed by atoms with E-state index in [4.69, 9.17) is 5.11 Å². The molecule has 1 aromatic rings. The summed E-state index contributed by atoms with van der Waals surface area (Å²) in [5.74, 6) is 0.404. The first kappa shape index (κ1) is 17.0. The van der Waals surface area contributed by atoms with Crippen LogP contribution in [0.4, 0.5) is 0 Å². The number of nitrogens with zero attached hydrogens (tertiary/aromatic N) is 2. The van der Waals surface area contributed by atoms with E-state index in [9.17, 15) is 4.79 Å². The smallest absolute Gasteiger partial charge is 0.230 e. The number of piperidine rings is 2. The van der Waals surface area contributed by atoms with E-state index in [1.807, 2.05) is 6.07 Å². The molecular weight excluding hydrogens is 312 g/mol. The van der Waals surface area contributed by atoms with Crippen LogP contribution in [0.1, 0.15) is 50.0 Å². The number of carbonyl (C=O) groups is 1. The van der Waals surface area contributed by atoms with Gasteiger partial charge in [0.1, 0.15) is 0 Å². The Kier molecular flexibility index (Phi) is 4.83. The largest absolute Gasteiger partial charge is 0.396 e. The molecule has 25 heavy (non-hydrogen) atoms. The van der Waals surface area contributed by atoms with Crippen molar-refractivity contribution in [3.8, 4) is 0 Å². The maximum atomic E-state index is 13.1. The summed E-state index contributed by atoms with van der Waals surface area (Å²) in [6.45, 7) is 4.46. The Bertz CT molecular complexity index is 591. The van der Waals surface area contributed by atoms with Crippen LogP contribution in [0.25, 0.3) is 0 Å². The summed E-state index contributed by atoms with van der Waals surface area (Å²) in [5, 5.41) is 9.06. The van der Waals surface area contributed by atoms with Crippen LogP contribution >= 0.6 is 0 Å². The third-order valence-electron chi connectivity index (χ3n) is 6.46. The number of hydrogen-bond donors (Lipinski definition) is 1. The number of aliphatic hydroxyl groups excluding tert-OH is 1. The molecule has 0 radical (unpaired) electrons. The number of rotatable bonds is 5. The molecule has 1 amide bonds. The van der Waals surface area contributed by atoms with Crippen LogP contribution in [0, 0.1) is 5.41 Å². The highest BCUT2D eigenvalue weighted by Gasteiger charge is 2.49. The van der Waals surface area contributed by atoms with Crippen molar-refractivity contribution in [1.29, 1.82) is 0 Å². The minimum absolute atomic E-state index is 0.0412. The van der Waals surface area contributed by atoms with Crippen molar-refractivity contribution in [1.82, 2.24) is 9.80 Å². The first-order valence-electron chi connectivity index (χ1n) is 9.89. The van der Waals surface area contributed by atoms with E-state index in [-0.39, 0.29) is 17.9 Å². The minimum Gasteiger partial charge on any atom is -0.396 e. The first-order valence-corrected chi connectivity index (χ1v) is 9.89. The molecule has 1 aromatic carbocycles. The molecule has 1 aliphatic carbocycles. The van der Waals surface area contributed by atoms with E-state index < -0.39 is 0 Å². The summed E-state index contributed by atoms with van der Waals surface area (Å²) in [6, 6.07) is 10.9. The molecule has 1 atom stereocenters. The van der Waals surface area contributed by atoms with Crippen molar-refractivity contribution < 1.29 is 9.90 Å². The molecule has 4 heteroatoms. The average Bonchev–Trinajstić information content (AvgIpc) is 3.49. The SMILES string of the molecule is O=C1C(c2ccccc2)CC2(CCN(CCCO)CC2)CN1C1CC1. The van der Waals surface area contributed by atoms with Gasteiger partial charge in [0.2, 0.25) is 5.91 Å². The monoisotopic (exact) mass is 342 g/mol. The molecule has 1 unspecified atom stereocenters. The molecule has 0 bridgehead atoms. The fraction of sp³-hybridized carbons (Fsp3) is 0.667. The van der Waals surface area contributed by atoms with E-state index in [1.54, 1.807) is 0 Å². The van der Waals surface area contributed by atoms with Gasteiger partial charge < -0.3 is 14.9 Å². The molecule has 136 valence electrons. The van der Waals surface area contributed by atoms with Crippen LogP contribution in [0.3, 0.4) is 0 Å². The van der Waals surface area contributed by atoms with Gasteiger partial charge in [-0.2, -0.15) is 0 Å². The zero-order valence-corrected chi connectivity index (χ0v) is 15.1. The molecule has 3 aliphatic rings. The van der Waals surface area contributed by atoms with Gasteiger partial charge in [-0.1, -0.05) is 30.3 Å². The van der Waals surface area contributed by atoms with Gasteiger partial charge in [-0.3, -0.25) is 4.79 Å². The Morgan fingerprint density at radius 3 is 2.48 bits per heavy atom. The lowest BCUT2D eigenvalue weighted by Crippen LogP contribution is -2.54. The van der Waals surface area contributed by atoms with Crippen LogP contribution in [-0.4, -0.2) is 59.6 Å². The van der Waals surface area contributed by atoms with E-state index in [0.29, 0.717) is 11.9 Å². The molecule has 3 fully saturated rings.